The molecule has 2 aromatic carbocycles. The van der Waals surface area contributed by atoms with Gasteiger partial charge in [-0.05, 0) is 28.8 Å². The Hall–Kier alpha value is -2.71. The molecule has 0 amide bonds. The maximum absolute atomic E-state index is 11.3. The molecule has 1 unspecified atom stereocenters. The second-order valence-corrected chi connectivity index (χ2v) is 7.26. The quantitative estimate of drug-likeness (QED) is 0.844. The van der Waals surface area contributed by atoms with E-state index in [1.165, 1.54) is 12.1 Å². The smallest absolute Gasteiger partial charge is 0.309 e. The van der Waals surface area contributed by atoms with Gasteiger partial charge in [0.1, 0.15) is 6.61 Å². The maximum Gasteiger partial charge on any atom is 0.309 e. The number of carboxylic acid groups (broad SMARTS) is 1. The lowest BCUT2D eigenvalue weighted by Gasteiger charge is -2.12. The summed E-state index contributed by atoms with van der Waals surface area (Å²) in [5, 5.41) is 17.9. The Morgan fingerprint density at radius 3 is 2.56 bits per heavy atom. The number of oxime groups is 1. The molecule has 2 aromatic rings. The van der Waals surface area contributed by atoms with Gasteiger partial charge in [0, 0.05) is 0 Å². The van der Waals surface area contributed by atoms with Gasteiger partial charge in [0.05, 0.1) is 22.9 Å². The van der Waals surface area contributed by atoms with Crippen molar-refractivity contribution in [2.45, 2.75) is 17.2 Å². The van der Waals surface area contributed by atoms with Crippen molar-refractivity contribution in [1.82, 2.24) is 0 Å². The zero-order valence-corrected chi connectivity index (χ0v) is 13.9. The fourth-order valence-corrected chi connectivity index (χ4v) is 3.24. The van der Waals surface area contributed by atoms with E-state index in [1.807, 2.05) is 24.3 Å². The third kappa shape index (κ3) is 3.86. The van der Waals surface area contributed by atoms with Crippen LogP contribution >= 0.6 is 0 Å². The molecule has 1 aliphatic rings. The number of rotatable bonds is 5. The third-order valence-corrected chi connectivity index (χ3v) is 4.89. The summed E-state index contributed by atoms with van der Waals surface area (Å²) in [4.78, 5) is 16.1. The highest BCUT2D eigenvalue weighted by molar-refractivity contribution is 7.89. The summed E-state index contributed by atoms with van der Waals surface area (Å²) in [5.41, 5.74) is 3.07. The molecule has 3 rings (SSSR count). The van der Waals surface area contributed by atoms with Gasteiger partial charge in [0.15, 0.2) is 0 Å². The Labute approximate surface area is 144 Å². The van der Waals surface area contributed by atoms with Crippen molar-refractivity contribution in [1.29, 1.82) is 0 Å². The number of nitrogens with zero attached hydrogens (tertiary/aromatic N) is 1. The fourth-order valence-electron chi connectivity index (χ4n) is 2.73. The van der Waals surface area contributed by atoms with Crippen LogP contribution in [0.15, 0.2) is 58.6 Å². The van der Waals surface area contributed by atoms with Gasteiger partial charge >= 0.3 is 5.97 Å². The van der Waals surface area contributed by atoms with Crippen molar-refractivity contribution in [2.75, 3.05) is 6.61 Å². The molecule has 25 heavy (non-hydrogen) atoms. The number of hydrogen-bond acceptors (Lipinski definition) is 5. The first-order valence-corrected chi connectivity index (χ1v) is 9.03. The standard InChI is InChI=1S/C17H16N2O5S/c18-25(22,23)14-6-4-11(5-7-14)12-2-1-3-13(8-12)15-10-24-19-16(15)9-17(20)21/h1-8,15H,9-10H2,(H,20,21)(H2,18,22,23). The Kier molecular flexibility index (Phi) is 4.56. The van der Waals surface area contributed by atoms with Crippen molar-refractivity contribution in [3.63, 3.8) is 0 Å². The van der Waals surface area contributed by atoms with Crippen LogP contribution in [0.4, 0.5) is 0 Å². The van der Waals surface area contributed by atoms with E-state index in [-0.39, 0.29) is 17.2 Å². The van der Waals surface area contributed by atoms with Crippen LogP contribution in [0, 0.1) is 0 Å². The number of hydrogen-bond donors (Lipinski definition) is 2. The summed E-state index contributed by atoms with van der Waals surface area (Å²) in [6, 6.07) is 13.8. The molecule has 1 aliphatic heterocycles. The number of primary sulfonamides is 1. The molecule has 0 radical (unpaired) electrons. The number of aliphatic carboxylic acids is 1. The van der Waals surface area contributed by atoms with E-state index in [1.54, 1.807) is 12.1 Å². The number of benzene rings is 2. The van der Waals surface area contributed by atoms with E-state index in [0.717, 1.165) is 16.7 Å². The van der Waals surface area contributed by atoms with Gasteiger partial charge in [-0.25, -0.2) is 13.6 Å². The highest BCUT2D eigenvalue weighted by atomic mass is 32.2. The third-order valence-electron chi connectivity index (χ3n) is 3.96. The van der Waals surface area contributed by atoms with Gasteiger partial charge < -0.3 is 9.94 Å². The molecule has 130 valence electrons. The number of nitrogens with two attached hydrogens (primary N) is 1. The largest absolute Gasteiger partial charge is 0.481 e. The maximum atomic E-state index is 11.3. The predicted octanol–water partition coefficient (Wildman–Crippen LogP) is 1.95. The summed E-state index contributed by atoms with van der Waals surface area (Å²) in [7, 11) is -3.73. The first-order valence-electron chi connectivity index (χ1n) is 7.48. The molecule has 1 heterocycles. The Morgan fingerprint density at radius 1 is 1.20 bits per heavy atom. The van der Waals surface area contributed by atoms with E-state index in [2.05, 4.69) is 5.16 Å². The van der Waals surface area contributed by atoms with Crippen LogP contribution in [-0.2, 0) is 19.7 Å². The summed E-state index contributed by atoms with van der Waals surface area (Å²) < 4.78 is 22.7. The van der Waals surface area contributed by atoms with Gasteiger partial charge in [0.25, 0.3) is 0 Å². The number of sulfonamides is 1. The minimum atomic E-state index is -3.73. The molecule has 0 aromatic heterocycles. The minimum absolute atomic E-state index is 0.0486. The molecular weight excluding hydrogens is 344 g/mol. The van der Waals surface area contributed by atoms with Crippen molar-refractivity contribution < 1.29 is 23.2 Å². The van der Waals surface area contributed by atoms with Crippen molar-refractivity contribution in [3.8, 4) is 11.1 Å². The molecule has 0 fully saturated rings. The van der Waals surface area contributed by atoms with Crippen LogP contribution in [0.25, 0.3) is 11.1 Å². The molecule has 0 saturated heterocycles. The average Bonchev–Trinajstić information content (AvgIpc) is 3.02. The molecular formula is C17H16N2O5S. The van der Waals surface area contributed by atoms with E-state index in [0.29, 0.717) is 12.3 Å². The van der Waals surface area contributed by atoms with E-state index in [9.17, 15) is 13.2 Å². The summed E-state index contributed by atoms with van der Waals surface area (Å²) >= 11 is 0. The van der Waals surface area contributed by atoms with Crippen LogP contribution in [0.1, 0.15) is 17.9 Å². The van der Waals surface area contributed by atoms with Gasteiger partial charge in [0.2, 0.25) is 10.0 Å². The topological polar surface area (TPSA) is 119 Å². The van der Waals surface area contributed by atoms with Gasteiger partial charge in [-0.1, -0.05) is 41.6 Å². The van der Waals surface area contributed by atoms with Crippen LogP contribution in [-0.4, -0.2) is 31.8 Å². The lowest BCUT2D eigenvalue weighted by molar-refractivity contribution is -0.135. The number of carbonyl (C=O) groups is 1. The van der Waals surface area contributed by atoms with Crippen molar-refractivity contribution in [2.24, 2.45) is 10.3 Å². The SMILES string of the molecule is NS(=O)(=O)c1ccc(-c2cccc(C3CON=C3CC(=O)O)c2)cc1. The Balaban J connectivity index is 1.89. The first-order chi connectivity index (χ1) is 11.8. The fraction of sp³-hybridized carbons (Fsp3) is 0.176. The lowest BCUT2D eigenvalue weighted by atomic mass is 9.91. The monoisotopic (exact) mass is 360 g/mol. The molecule has 7 nitrogen and oxygen atoms in total. The van der Waals surface area contributed by atoms with E-state index < -0.39 is 16.0 Å². The van der Waals surface area contributed by atoms with Crippen molar-refractivity contribution in [3.05, 3.63) is 54.1 Å². The van der Waals surface area contributed by atoms with Gasteiger partial charge in [-0.15, -0.1) is 0 Å². The van der Waals surface area contributed by atoms with E-state index >= 15 is 0 Å². The van der Waals surface area contributed by atoms with Crippen LogP contribution in [0.2, 0.25) is 0 Å². The average molecular weight is 360 g/mol. The zero-order chi connectivity index (χ0) is 18.0. The molecule has 0 spiro atoms. The van der Waals surface area contributed by atoms with Crippen molar-refractivity contribution >= 4 is 21.7 Å². The predicted molar refractivity (Wildman–Crippen MR) is 91.6 cm³/mol. The molecule has 0 saturated carbocycles. The van der Waals surface area contributed by atoms with Crippen LogP contribution < -0.4 is 5.14 Å². The summed E-state index contributed by atoms with van der Waals surface area (Å²) in [6.45, 7) is 0.302. The van der Waals surface area contributed by atoms with Crippen LogP contribution in [0.3, 0.4) is 0 Å². The normalized spacial score (nSPS) is 17.0. The second-order valence-electron chi connectivity index (χ2n) is 5.70. The molecule has 8 heteroatoms. The Morgan fingerprint density at radius 2 is 1.92 bits per heavy atom. The van der Waals surface area contributed by atoms with Gasteiger partial charge in [-0.2, -0.15) is 0 Å². The molecule has 3 N–H and O–H groups in total. The Bertz CT molecular complexity index is 936. The summed E-state index contributed by atoms with van der Waals surface area (Å²) in [6.07, 6.45) is -0.169. The van der Waals surface area contributed by atoms with Gasteiger partial charge in [-0.3, -0.25) is 4.79 Å². The lowest BCUT2D eigenvalue weighted by Crippen LogP contribution is -2.15. The molecule has 0 aliphatic carbocycles. The number of carboxylic acids is 1. The van der Waals surface area contributed by atoms with Crippen LogP contribution in [0.5, 0.6) is 0 Å². The highest BCUT2D eigenvalue weighted by Gasteiger charge is 2.27. The first kappa shape index (κ1) is 17.1. The summed E-state index contributed by atoms with van der Waals surface area (Å²) in [5.74, 6) is -1.16. The van der Waals surface area contributed by atoms with E-state index in [4.69, 9.17) is 15.1 Å². The molecule has 0 bridgehead atoms. The minimum Gasteiger partial charge on any atom is -0.481 e. The molecule has 1 atom stereocenters. The second kappa shape index (κ2) is 6.66. The highest BCUT2D eigenvalue weighted by Crippen LogP contribution is 2.29. The zero-order valence-electron chi connectivity index (χ0n) is 13.1.